The summed E-state index contributed by atoms with van der Waals surface area (Å²) in [5.41, 5.74) is 0.872. The van der Waals surface area contributed by atoms with Crippen molar-refractivity contribution in [3.8, 4) is 22.8 Å². The number of esters is 1. The molecular weight excluding hydrogens is 598 g/mol. The van der Waals surface area contributed by atoms with Crippen LogP contribution < -0.4 is 24.4 Å². The maximum Gasteiger partial charge on any atom is 0.338 e. The Labute approximate surface area is 254 Å². The third-order valence-electron chi connectivity index (χ3n) is 6.64. The van der Waals surface area contributed by atoms with E-state index in [2.05, 4.69) is 4.99 Å². The average Bonchev–Trinajstić information content (AvgIpc) is 3.56. The lowest BCUT2D eigenvalue weighted by molar-refractivity contribution is -0.384. The number of nitro groups is 1. The Morgan fingerprint density at radius 1 is 1.16 bits per heavy atom. The van der Waals surface area contributed by atoms with Crippen LogP contribution in [-0.2, 0) is 9.53 Å². The molecule has 13 heteroatoms. The van der Waals surface area contributed by atoms with E-state index in [4.69, 9.17) is 30.2 Å². The minimum atomic E-state index is -0.855. The fraction of sp³-hybridized carbons (Fsp3) is 0.233. The number of halogens is 1. The zero-order valence-corrected chi connectivity index (χ0v) is 25.2. The number of nitro benzene ring substituents is 1. The molecule has 43 heavy (non-hydrogen) atoms. The molecule has 0 spiro atoms. The minimum Gasteiger partial charge on any atom is -0.493 e. The number of thiazole rings is 1. The van der Waals surface area contributed by atoms with E-state index in [0.29, 0.717) is 39.9 Å². The van der Waals surface area contributed by atoms with Crippen LogP contribution in [0.5, 0.6) is 11.5 Å². The normalized spacial score (nSPS) is 14.7. The number of aromatic nitrogens is 1. The molecule has 0 radical (unpaired) electrons. The van der Waals surface area contributed by atoms with Gasteiger partial charge in [-0.3, -0.25) is 19.5 Å². The lowest BCUT2D eigenvalue weighted by atomic mass is 9.95. The van der Waals surface area contributed by atoms with E-state index in [-0.39, 0.29) is 38.7 Å². The number of benzene rings is 2. The molecule has 4 aromatic rings. The van der Waals surface area contributed by atoms with Crippen LogP contribution >= 0.6 is 22.9 Å². The fourth-order valence-electron chi connectivity index (χ4n) is 4.81. The third kappa shape index (κ3) is 5.71. The van der Waals surface area contributed by atoms with Crippen molar-refractivity contribution in [3.63, 3.8) is 0 Å². The number of rotatable bonds is 9. The molecule has 0 fully saturated rings. The van der Waals surface area contributed by atoms with E-state index in [1.54, 1.807) is 44.2 Å². The Morgan fingerprint density at radius 3 is 2.65 bits per heavy atom. The number of furan rings is 1. The van der Waals surface area contributed by atoms with Crippen molar-refractivity contribution in [1.82, 2.24) is 4.57 Å². The van der Waals surface area contributed by atoms with Gasteiger partial charge >= 0.3 is 5.97 Å². The first-order chi connectivity index (χ1) is 20.7. The second kappa shape index (κ2) is 12.3. The van der Waals surface area contributed by atoms with Gasteiger partial charge < -0.3 is 18.6 Å². The van der Waals surface area contributed by atoms with Gasteiger partial charge in [-0.2, -0.15) is 0 Å². The highest BCUT2D eigenvalue weighted by atomic mass is 35.5. The average molecular weight is 624 g/mol. The predicted octanol–water partition coefficient (Wildman–Crippen LogP) is 5.03. The maximum absolute atomic E-state index is 13.9. The van der Waals surface area contributed by atoms with E-state index >= 15 is 0 Å². The maximum atomic E-state index is 13.9. The highest BCUT2D eigenvalue weighted by molar-refractivity contribution is 7.07. The molecule has 0 aliphatic carbocycles. The molecule has 0 N–H and O–H groups in total. The third-order valence-corrected chi connectivity index (χ3v) is 7.86. The molecule has 0 unspecified atom stereocenters. The summed E-state index contributed by atoms with van der Waals surface area (Å²) < 4.78 is 24.2. The van der Waals surface area contributed by atoms with Gasteiger partial charge in [0, 0.05) is 17.2 Å². The second-order valence-electron chi connectivity index (χ2n) is 9.27. The number of hydrogen-bond acceptors (Lipinski definition) is 10. The first kappa shape index (κ1) is 29.8. The minimum absolute atomic E-state index is 0.145. The van der Waals surface area contributed by atoms with Crippen molar-refractivity contribution in [2.24, 2.45) is 4.99 Å². The molecule has 3 heterocycles. The summed E-state index contributed by atoms with van der Waals surface area (Å²) in [6.07, 6.45) is 1.54. The lowest BCUT2D eigenvalue weighted by Crippen LogP contribution is -2.39. The SMILES string of the molecule is CCOC(=O)C1=C(C)N=c2s/c(=C\c3ccc(-c4ccc(Cl)cc4[N+](=O)[O-])o3)c(=O)n2[C@H]1c1ccc(OC)c(OCC)c1. The van der Waals surface area contributed by atoms with Crippen LogP contribution in [0.4, 0.5) is 5.69 Å². The van der Waals surface area contributed by atoms with Crippen molar-refractivity contribution in [1.29, 1.82) is 0 Å². The van der Waals surface area contributed by atoms with Gasteiger partial charge in [0.2, 0.25) is 0 Å². The molecule has 2 aromatic carbocycles. The van der Waals surface area contributed by atoms with Crippen molar-refractivity contribution in [2.45, 2.75) is 26.8 Å². The van der Waals surface area contributed by atoms with Crippen LogP contribution in [0, 0.1) is 10.1 Å². The summed E-state index contributed by atoms with van der Waals surface area (Å²) in [6, 6.07) is 11.8. The number of fused-ring (bicyclic) bond motifs is 1. The van der Waals surface area contributed by atoms with Crippen LogP contribution in [0.1, 0.15) is 38.1 Å². The zero-order valence-electron chi connectivity index (χ0n) is 23.6. The fourth-order valence-corrected chi connectivity index (χ4v) is 6.00. The van der Waals surface area contributed by atoms with Gasteiger partial charge in [0.05, 0.1) is 52.7 Å². The van der Waals surface area contributed by atoms with Crippen molar-refractivity contribution in [3.05, 3.63) is 106 Å². The standard InChI is InChI=1S/C30H26ClN3O8S/c1-5-40-24-13-17(7-11-23(24)39-4)27-26(29(36)41-6-2)16(3)32-30-33(27)28(35)25(43-30)15-19-9-12-22(42-19)20-10-8-18(31)14-21(20)34(37)38/h7-15,27H,5-6H2,1-4H3/b25-15-/t27-/m0/s1. The van der Waals surface area contributed by atoms with Gasteiger partial charge in [-0.25, -0.2) is 9.79 Å². The first-order valence-corrected chi connectivity index (χ1v) is 14.4. The van der Waals surface area contributed by atoms with Crippen LogP contribution in [0.3, 0.4) is 0 Å². The van der Waals surface area contributed by atoms with Gasteiger partial charge in [-0.15, -0.1) is 0 Å². The van der Waals surface area contributed by atoms with Crippen LogP contribution in [0.15, 0.2) is 74.0 Å². The monoisotopic (exact) mass is 623 g/mol. The van der Waals surface area contributed by atoms with E-state index < -0.39 is 22.5 Å². The summed E-state index contributed by atoms with van der Waals surface area (Å²) in [4.78, 5) is 43.1. The quantitative estimate of drug-likeness (QED) is 0.144. The topological polar surface area (TPSA) is 135 Å². The molecule has 222 valence electrons. The molecule has 1 aliphatic rings. The number of hydrogen-bond donors (Lipinski definition) is 0. The van der Waals surface area contributed by atoms with E-state index in [9.17, 15) is 19.7 Å². The van der Waals surface area contributed by atoms with Crippen molar-refractivity contribution < 1.29 is 28.3 Å². The molecule has 1 atom stereocenters. The predicted molar refractivity (Wildman–Crippen MR) is 160 cm³/mol. The summed E-state index contributed by atoms with van der Waals surface area (Å²) in [5, 5.41) is 11.8. The molecular formula is C30H26ClN3O8S. The summed E-state index contributed by atoms with van der Waals surface area (Å²) >= 11 is 7.07. The van der Waals surface area contributed by atoms with E-state index in [1.807, 2.05) is 6.92 Å². The van der Waals surface area contributed by atoms with Crippen LogP contribution in [0.2, 0.25) is 5.02 Å². The summed E-state index contributed by atoms with van der Waals surface area (Å²) in [6.45, 7) is 5.77. The Kier molecular flexibility index (Phi) is 8.51. The molecule has 5 rings (SSSR count). The van der Waals surface area contributed by atoms with Gasteiger partial charge in [-0.05, 0) is 62.7 Å². The number of methoxy groups -OCH3 is 1. The number of carbonyl (C=O) groups is 1. The molecule has 2 aromatic heterocycles. The molecule has 0 amide bonds. The molecule has 11 nitrogen and oxygen atoms in total. The smallest absolute Gasteiger partial charge is 0.338 e. The molecule has 0 bridgehead atoms. The van der Waals surface area contributed by atoms with E-state index in [1.165, 1.54) is 36.0 Å². The van der Waals surface area contributed by atoms with Crippen LogP contribution in [0.25, 0.3) is 17.4 Å². The highest BCUT2D eigenvalue weighted by Crippen LogP contribution is 2.37. The zero-order chi connectivity index (χ0) is 30.8. The Balaban J connectivity index is 1.65. The van der Waals surface area contributed by atoms with Gasteiger partial charge in [0.25, 0.3) is 11.2 Å². The number of ether oxygens (including phenoxy) is 3. The summed E-state index contributed by atoms with van der Waals surface area (Å²) in [7, 11) is 1.53. The Morgan fingerprint density at radius 2 is 1.95 bits per heavy atom. The molecule has 0 saturated heterocycles. The number of nitrogens with zero attached hydrogens (tertiary/aromatic N) is 3. The van der Waals surface area contributed by atoms with Crippen molar-refractivity contribution >= 4 is 40.7 Å². The van der Waals surface area contributed by atoms with Crippen LogP contribution in [-0.4, -0.2) is 35.8 Å². The number of allylic oxidation sites excluding steroid dienone is 1. The second-order valence-corrected chi connectivity index (χ2v) is 10.7. The Hall–Kier alpha value is -4.68. The molecule has 1 aliphatic heterocycles. The van der Waals surface area contributed by atoms with Gasteiger partial charge in [0.1, 0.15) is 11.5 Å². The van der Waals surface area contributed by atoms with Gasteiger partial charge in [0.15, 0.2) is 16.3 Å². The number of carbonyl (C=O) groups excluding carboxylic acids is 1. The van der Waals surface area contributed by atoms with Crippen molar-refractivity contribution in [2.75, 3.05) is 20.3 Å². The van der Waals surface area contributed by atoms with Gasteiger partial charge in [-0.1, -0.05) is 29.0 Å². The molecule has 0 saturated carbocycles. The van der Waals surface area contributed by atoms with E-state index in [0.717, 1.165) is 11.3 Å². The largest absolute Gasteiger partial charge is 0.493 e. The summed E-state index contributed by atoms with van der Waals surface area (Å²) in [5.74, 6) is 0.915. The first-order valence-electron chi connectivity index (χ1n) is 13.2. The Bertz CT molecular complexity index is 1960. The highest BCUT2D eigenvalue weighted by Gasteiger charge is 2.34. The lowest BCUT2D eigenvalue weighted by Gasteiger charge is -2.25.